The SMILES string of the molecule is CN1C2CCC1c1c(n(CCc3ccc(C(F)(F)F)nc3)c3ccccc13)C2. The van der Waals surface area contributed by atoms with Gasteiger partial charge in [-0.1, -0.05) is 24.3 Å². The quantitative estimate of drug-likeness (QED) is 0.633. The van der Waals surface area contributed by atoms with Crippen LogP contribution in [0.2, 0.25) is 0 Å². The summed E-state index contributed by atoms with van der Waals surface area (Å²) in [7, 11) is 2.23. The van der Waals surface area contributed by atoms with Crippen LogP contribution in [-0.4, -0.2) is 27.5 Å². The summed E-state index contributed by atoms with van der Waals surface area (Å²) in [5.41, 5.74) is 4.09. The zero-order chi connectivity index (χ0) is 19.5. The van der Waals surface area contributed by atoms with E-state index in [1.165, 1.54) is 41.2 Å². The third-order valence-electron chi connectivity index (χ3n) is 6.46. The third kappa shape index (κ3) is 2.73. The Morgan fingerprint density at radius 3 is 2.68 bits per heavy atom. The highest BCUT2D eigenvalue weighted by molar-refractivity contribution is 5.86. The van der Waals surface area contributed by atoms with Crippen LogP contribution >= 0.6 is 0 Å². The highest BCUT2D eigenvalue weighted by Crippen LogP contribution is 2.46. The van der Waals surface area contributed by atoms with E-state index in [0.29, 0.717) is 18.5 Å². The lowest BCUT2D eigenvalue weighted by Crippen LogP contribution is -2.34. The number of fused-ring (bicyclic) bond motifs is 6. The number of aryl methyl sites for hydroxylation is 2. The van der Waals surface area contributed by atoms with Gasteiger partial charge in [-0.2, -0.15) is 13.2 Å². The first kappa shape index (κ1) is 17.7. The second kappa shape index (κ2) is 6.34. The molecule has 1 aromatic carbocycles. The van der Waals surface area contributed by atoms with Crippen molar-refractivity contribution in [2.75, 3.05) is 7.05 Å². The lowest BCUT2D eigenvalue weighted by molar-refractivity contribution is -0.141. The molecule has 0 saturated carbocycles. The molecule has 2 atom stereocenters. The Hall–Kier alpha value is -2.34. The molecule has 5 rings (SSSR count). The Kier molecular flexibility index (Phi) is 4.02. The molecule has 3 nitrogen and oxygen atoms in total. The second-order valence-corrected chi connectivity index (χ2v) is 7.95. The number of aromatic nitrogens is 2. The van der Waals surface area contributed by atoms with E-state index in [1.54, 1.807) is 6.07 Å². The highest BCUT2D eigenvalue weighted by atomic mass is 19.4. The summed E-state index contributed by atoms with van der Waals surface area (Å²) in [6.45, 7) is 0.756. The Morgan fingerprint density at radius 1 is 1.11 bits per heavy atom. The number of likely N-dealkylation sites (N-methyl/N-ethyl adjacent to an activating group) is 1. The van der Waals surface area contributed by atoms with Gasteiger partial charge in [-0.3, -0.25) is 9.88 Å². The predicted molar refractivity (Wildman–Crippen MR) is 102 cm³/mol. The van der Waals surface area contributed by atoms with Crippen LogP contribution in [-0.2, 0) is 25.6 Å². The molecule has 0 spiro atoms. The molecule has 2 aromatic heterocycles. The molecule has 0 aliphatic carbocycles. The van der Waals surface area contributed by atoms with Gasteiger partial charge in [-0.15, -0.1) is 0 Å². The van der Waals surface area contributed by atoms with Crippen LogP contribution in [0.15, 0.2) is 42.6 Å². The number of rotatable bonds is 3. The van der Waals surface area contributed by atoms with Crippen LogP contribution in [0.5, 0.6) is 0 Å². The van der Waals surface area contributed by atoms with Crippen LogP contribution in [0.25, 0.3) is 10.9 Å². The minimum atomic E-state index is -4.39. The van der Waals surface area contributed by atoms with Crippen LogP contribution in [0.3, 0.4) is 0 Å². The van der Waals surface area contributed by atoms with Crippen LogP contribution < -0.4 is 0 Å². The topological polar surface area (TPSA) is 21.1 Å². The Labute approximate surface area is 161 Å². The van der Waals surface area contributed by atoms with E-state index in [4.69, 9.17) is 0 Å². The van der Waals surface area contributed by atoms with Gasteiger partial charge in [0.25, 0.3) is 0 Å². The predicted octanol–water partition coefficient (Wildman–Crippen LogP) is 4.99. The van der Waals surface area contributed by atoms with Crippen molar-refractivity contribution in [1.82, 2.24) is 14.5 Å². The fourth-order valence-electron chi connectivity index (χ4n) is 5.04. The summed E-state index contributed by atoms with van der Waals surface area (Å²) in [6, 6.07) is 12.2. The van der Waals surface area contributed by atoms with Crippen molar-refractivity contribution < 1.29 is 13.2 Å². The van der Waals surface area contributed by atoms with E-state index in [2.05, 4.69) is 45.8 Å². The summed E-state index contributed by atoms with van der Waals surface area (Å²) in [4.78, 5) is 6.12. The van der Waals surface area contributed by atoms with Crippen molar-refractivity contribution in [3.8, 4) is 0 Å². The van der Waals surface area contributed by atoms with Gasteiger partial charge in [-0.05, 0) is 49.6 Å². The Morgan fingerprint density at radius 2 is 1.93 bits per heavy atom. The molecule has 0 radical (unpaired) electrons. The van der Waals surface area contributed by atoms with Gasteiger partial charge in [0, 0.05) is 47.8 Å². The van der Waals surface area contributed by atoms with Gasteiger partial charge in [0.2, 0.25) is 0 Å². The average Bonchev–Trinajstić information content (AvgIpc) is 3.10. The first-order valence-electron chi connectivity index (χ1n) is 9.77. The zero-order valence-electron chi connectivity index (χ0n) is 15.7. The van der Waals surface area contributed by atoms with E-state index in [1.807, 2.05) is 0 Å². The first-order chi connectivity index (χ1) is 13.4. The van der Waals surface area contributed by atoms with Crippen LogP contribution in [0.1, 0.15) is 41.4 Å². The molecule has 146 valence electrons. The molecule has 6 heteroatoms. The normalized spacial score (nSPS) is 22.0. The van der Waals surface area contributed by atoms with Crippen molar-refractivity contribution in [2.45, 2.75) is 50.5 Å². The van der Waals surface area contributed by atoms with Crippen molar-refractivity contribution >= 4 is 10.9 Å². The van der Waals surface area contributed by atoms with E-state index in [9.17, 15) is 13.2 Å². The summed E-state index contributed by atoms with van der Waals surface area (Å²) in [5.74, 6) is 0. The van der Waals surface area contributed by atoms with Gasteiger partial charge in [0.1, 0.15) is 5.69 Å². The summed E-state index contributed by atoms with van der Waals surface area (Å²) < 4.78 is 40.6. The first-order valence-corrected chi connectivity index (χ1v) is 9.77. The number of benzene rings is 1. The highest BCUT2D eigenvalue weighted by Gasteiger charge is 2.40. The molecule has 4 heterocycles. The van der Waals surface area contributed by atoms with Crippen molar-refractivity contribution in [3.63, 3.8) is 0 Å². The molecular formula is C22H22F3N3. The molecule has 1 fully saturated rings. The van der Waals surface area contributed by atoms with Crippen LogP contribution in [0, 0.1) is 0 Å². The van der Waals surface area contributed by atoms with Crippen LogP contribution in [0.4, 0.5) is 13.2 Å². The number of pyridine rings is 1. The monoisotopic (exact) mass is 385 g/mol. The maximum Gasteiger partial charge on any atom is 0.433 e. The van der Waals surface area contributed by atoms with E-state index < -0.39 is 11.9 Å². The van der Waals surface area contributed by atoms with Crippen molar-refractivity contribution in [1.29, 1.82) is 0 Å². The fraction of sp³-hybridized carbons (Fsp3) is 0.409. The summed E-state index contributed by atoms with van der Waals surface area (Å²) in [6.07, 6.45) is 1.11. The van der Waals surface area contributed by atoms with Gasteiger partial charge >= 0.3 is 6.18 Å². The summed E-state index contributed by atoms with van der Waals surface area (Å²) >= 11 is 0. The Balaban J connectivity index is 1.48. The molecule has 0 amide bonds. The molecule has 0 N–H and O–H groups in total. The van der Waals surface area contributed by atoms with Gasteiger partial charge in [-0.25, -0.2) is 0 Å². The average molecular weight is 385 g/mol. The Bertz CT molecular complexity index is 1020. The van der Waals surface area contributed by atoms with Gasteiger partial charge in [0.05, 0.1) is 0 Å². The molecule has 2 unspecified atom stereocenters. The lowest BCUT2D eigenvalue weighted by Gasteiger charge is -2.32. The maximum atomic E-state index is 12.7. The summed E-state index contributed by atoms with van der Waals surface area (Å²) in [5, 5.41) is 1.32. The molecule has 3 aromatic rings. The zero-order valence-corrected chi connectivity index (χ0v) is 15.7. The standard InChI is InChI=1S/C22H22F3N3/c1-27-15-7-8-18(27)21-16-4-2-3-5-17(16)28(19(21)12-15)11-10-14-6-9-20(26-13-14)22(23,24)25/h2-6,9,13,15,18H,7-8,10-12H2,1H3. The molecule has 2 aliphatic heterocycles. The minimum absolute atomic E-state index is 0.479. The minimum Gasteiger partial charge on any atom is -0.344 e. The van der Waals surface area contributed by atoms with E-state index in [-0.39, 0.29) is 0 Å². The number of hydrogen-bond acceptors (Lipinski definition) is 2. The number of alkyl halides is 3. The largest absolute Gasteiger partial charge is 0.433 e. The van der Waals surface area contributed by atoms with Gasteiger partial charge < -0.3 is 4.57 Å². The fourth-order valence-corrected chi connectivity index (χ4v) is 5.04. The molecule has 28 heavy (non-hydrogen) atoms. The molecule has 2 aliphatic rings. The molecule has 2 bridgehead atoms. The number of halogens is 3. The van der Waals surface area contributed by atoms with Crippen molar-refractivity contribution in [3.05, 3.63) is 65.1 Å². The number of nitrogens with zero attached hydrogens (tertiary/aromatic N) is 3. The van der Waals surface area contributed by atoms with E-state index in [0.717, 1.165) is 24.6 Å². The lowest BCUT2D eigenvalue weighted by atomic mass is 9.97. The second-order valence-electron chi connectivity index (χ2n) is 7.95. The van der Waals surface area contributed by atoms with Crippen molar-refractivity contribution in [2.24, 2.45) is 0 Å². The smallest absolute Gasteiger partial charge is 0.344 e. The molecule has 1 saturated heterocycles. The number of hydrogen-bond donors (Lipinski definition) is 0. The van der Waals surface area contributed by atoms with E-state index >= 15 is 0 Å². The maximum absolute atomic E-state index is 12.7. The third-order valence-corrected chi connectivity index (χ3v) is 6.46. The van der Waals surface area contributed by atoms with Gasteiger partial charge in [0.15, 0.2) is 0 Å². The number of para-hydroxylation sites is 1. The molecular weight excluding hydrogens is 363 g/mol.